The standard InChI is InChI=1S/C10H9ClO2S/c1-12-8-5-6-3-4-7(11)9(13-2)10(6)14-8/h3-5H,1-2H3. The fraction of sp³-hybridized carbons (Fsp3) is 0.200. The van der Waals surface area contributed by atoms with Gasteiger partial charge in [0, 0.05) is 5.39 Å². The second-order valence-electron chi connectivity index (χ2n) is 2.77. The van der Waals surface area contributed by atoms with Gasteiger partial charge in [0.25, 0.3) is 0 Å². The van der Waals surface area contributed by atoms with E-state index in [1.54, 1.807) is 14.2 Å². The Balaban J connectivity index is 2.73. The Labute approximate surface area is 91.0 Å². The van der Waals surface area contributed by atoms with Gasteiger partial charge in [-0.3, -0.25) is 0 Å². The molecule has 0 radical (unpaired) electrons. The maximum absolute atomic E-state index is 6.00. The van der Waals surface area contributed by atoms with Crippen LogP contribution in [0, 0.1) is 0 Å². The lowest BCUT2D eigenvalue weighted by Crippen LogP contribution is -1.83. The monoisotopic (exact) mass is 228 g/mol. The largest absolute Gasteiger partial charge is 0.494 e. The quantitative estimate of drug-likeness (QED) is 0.783. The summed E-state index contributed by atoms with van der Waals surface area (Å²) < 4.78 is 11.4. The number of ether oxygens (including phenoxy) is 2. The Bertz CT molecular complexity index is 464. The predicted octanol–water partition coefficient (Wildman–Crippen LogP) is 3.57. The van der Waals surface area contributed by atoms with E-state index in [-0.39, 0.29) is 0 Å². The maximum atomic E-state index is 6.00. The molecular weight excluding hydrogens is 220 g/mol. The summed E-state index contributed by atoms with van der Waals surface area (Å²) in [4.78, 5) is 0. The minimum atomic E-state index is 0.629. The third-order valence-corrected chi connectivity index (χ3v) is 3.38. The average Bonchev–Trinajstić information content (AvgIpc) is 2.60. The number of halogens is 1. The number of hydrogen-bond acceptors (Lipinski definition) is 3. The van der Waals surface area contributed by atoms with Gasteiger partial charge in [-0.25, -0.2) is 0 Å². The molecule has 2 rings (SSSR count). The molecule has 4 heteroatoms. The molecule has 74 valence electrons. The van der Waals surface area contributed by atoms with Crippen LogP contribution in [0.1, 0.15) is 0 Å². The van der Waals surface area contributed by atoms with Gasteiger partial charge in [0.05, 0.1) is 23.9 Å². The number of rotatable bonds is 2. The molecule has 0 saturated carbocycles. The topological polar surface area (TPSA) is 18.5 Å². The normalized spacial score (nSPS) is 10.5. The first-order valence-corrected chi connectivity index (χ1v) is 5.25. The molecule has 1 aromatic heterocycles. The Hall–Kier alpha value is -0.930. The zero-order chi connectivity index (χ0) is 10.1. The zero-order valence-electron chi connectivity index (χ0n) is 7.83. The van der Waals surface area contributed by atoms with Crippen LogP contribution in [0.4, 0.5) is 0 Å². The summed E-state index contributed by atoms with van der Waals surface area (Å²) in [6.07, 6.45) is 0. The number of fused-ring (bicyclic) bond motifs is 1. The summed E-state index contributed by atoms with van der Waals surface area (Å²) in [6.45, 7) is 0. The molecule has 0 bridgehead atoms. The van der Waals surface area contributed by atoms with Gasteiger partial charge in [-0.05, 0) is 12.1 Å². The fourth-order valence-electron chi connectivity index (χ4n) is 1.32. The van der Waals surface area contributed by atoms with Crippen LogP contribution in [0.25, 0.3) is 10.1 Å². The van der Waals surface area contributed by atoms with Crippen LogP contribution >= 0.6 is 22.9 Å². The molecule has 1 heterocycles. The van der Waals surface area contributed by atoms with Gasteiger partial charge in [0.15, 0.2) is 10.8 Å². The van der Waals surface area contributed by atoms with E-state index in [0.717, 1.165) is 20.9 Å². The van der Waals surface area contributed by atoms with E-state index in [1.807, 2.05) is 18.2 Å². The van der Waals surface area contributed by atoms with Crippen molar-refractivity contribution in [2.75, 3.05) is 14.2 Å². The Morgan fingerprint density at radius 3 is 2.64 bits per heavy atom. The average molecular weight is 229 g/mol. The van der Waals surface area contributed by atoms with Crippen molar-refractivity contribution >= 4 is 33.0 Å². The van der Waals surface area contributed by atoms with Crippen molar-refractivity contribution in [2.24, 2.45) is 0 Å². The number of thiophene rings is 1. The lowest BCUT2D eigenvalue weighted by Gasteiger charge is -2.02. The molecule has 14 heavy (non-hydrogen) atoms. The molecule has 0 aliphatic heterocycles. The van der Waals surface area contributed by atoms with E-state index in [0.29, 0.717) is 5.02 Å². The van der Waals surface area contributed by atoms with Gasteiger partial charge in [-0.1, -0.05) is 29.0 Å². The van der Waals surface area contributed by atoms with Crippen LogP contribution in [0.15, 0.2) is 18.2 Å². The molecule has 1 aromatic carbocycles. The molecule has 2 nitrogen and oxygen atoms in total. The van der Waals surface area contributed by atoms with Gasteiger partial charge in [0.2, 0.25) is 0 Å². The van der Waals surface area contributed by atoms with Gasteiger partial charge in [-0.15, -0.1) is 0 Å². The molecule has 0 amide bonds. The zero-order valence-corrected chi connectivity index (χ0v) is 9.41. The number of methoxy groups -OCH3 is 2. The van der Waals surface area contributed by atoms with Crippen molar-refractivity contribution in [1.29, 1.82) is 0 Å². The first-order chi connectivity index (χ1) is 6.76. The summed E-state index contributed by atoms with van der Waals surface area (Å²) in [5.41, 5.74) is 0. The lowest BCUT2D eigenvalue weighted by molar-refractivity contribution is 0.420. The van der Waals surface area contributed by atoms with E-state index < -0.39 is 0 Å². The van der Waals surface area contributed by atoms with Crippen molar-refractivity contribution in [3.05, 3.63) is 23.2 Å². The smallest absolute Gasteiger partial charge is 0.174 e. The highest BCUT2D eigenvalue weighted by molar-refractivity contribution is 7.21. The molecule has 0 N–H and O–H groups in total. The molecule has 0 unspecified atom stereocenters. The highest BCUT2D eigenvalue weighted by atomic mass is 35.5. The molecule has 0 spiro atoms. The van der Waals surface area contributed by atoms with Crippen LogP contribution in [0.2, 0.25) is 5.02 Å². The number of hydrogen-bond donors (Lipinski definition) is 0. The van der Waals surface area contributed by atoms with E-state index in [1.165, 1.54) is 11.3 Å². The maximum Gasteiger partial charge on any atom is 0.174 e. The van der Waals surface area contributed by atoms with Gasteiger partial charge < -0.3 is 9.47 Å². The molecule has 0 fully saturated rings. The van der Waals surface area contributed by atoms with E-state index in [2.05, 4.69) is 0 Å². The van der Waals surface area contributed by atoms with E-state index in [9.17, 15) is 0 Å². The summed E-state index contributed by atoms with van der Waals surface area (Å²) in [5, 5.41) is 2.58. The van der Waals surface area contributed by atoms with Crippen LogP contribution in [0.3, 0.4) is 0 Å². The summed E-state index contributed by atoms with van der Waals surface area (Å²) in [7, 11) is 3.27. The molecule has 0 aliphatic rings. The summed E-state index contributed by atoms with van der Waals surface area (Å²) in [5.74, 6) is 0.720. The van der Waals surface area contributed by atoms with Gasteiger partial charge >= 0.3 is 0 Å². The molecule has 0 atom stereocenters. The van der Waals surface area contributed by atoms with Gasteiger partial charge in [-0.2, -0.15) is 0 Å². The first-order valence-electron chi connectivity index (χ1n) is 4.06. The van der Waals surface area contributed by atoms with Gasteiger partial charge in [0.1, 0.15) is 0 Å². The van der Waals surface area contributed by atoms with Crippen LogP contribution in [-0.4, -0.2) is 14.2 Å². The van der Waals surface area contributed by atoms with E-state index >= 15 is 0 Å². The van der Waals surface area contributed by atoms with Crippen LogP contribution < -0.4 is 9.47 Å². The first kappa shape index (κ1) is 9.62. The minimum absolute atomic E-state index is 0.629. The summed E-state index contributed by atoms with van der Waals surface area (Å²) >= 11 is 7.53. The second-order valence-corrected chi connectivity index (χ2v) is 4.19. The third-order valence-electron chi connectivity index (χ3n) is 1.98. The molecular formula is C10H9ClO2S. The van der Waals surface area contributed by atoms with Crippen molar-refractivity contribution in [1.82, 2.24) is 0 Å². The predicted molar refractivity (Wildman–Crippen MR) is 59.9 cm³/mol. The van der Waals surface area contributed by atoms with Crippen molar-refractivity contribution < 1.29 is 9.47 Å². The third kappa shape index (κ3) is 1.42. The highest BCUT2D eigenvalue weighted by Gasteiger charge is 2.10. The minimum Gasteiger partial charge on any atom is -0.494 e. The molecule has 0 saturated heterocycles. The van der Waals surface area contributed by atoms with Crippen molar-refractivity contribution in [3.8, 4) is 10.8 Å². The Morgan fingerprint density at radius 2 is 2.00 bits per heavy atom. The fourth-order valence-corrected chi connectivity index (χ4v) is 2.61. The molecule has 0 aliphatic carbocycles. The Morgan fingerprint density at radius 1 is 1.21 bits per heavy atom. The lowest BCUT2D eigenvalue weighted by atomic mass is 10.2. The SMILES string of the molecule is COc1cc2ccc(Cl)c(OC)c2s1. The Kier molecular flexibility index (Phi) is 2.52. The van der Waals surface area contributed by atoms with E-state index in [4.69, 9.17) is 21.1 Å². The van der Waals surface area contributed by atoms with Crippen molar-refractivity contribution in [2.45, 2.75) is 0 Å². The van der Waals surface area contributed by atoms with Crippen molar-refractivity contribution in [3.63, 3.8) is 0 Å². The number of benzene rings is 1. The summed E-state index contributed by atoms with van der Waals surface area (Å²) in [6, 6.07) is 5.76. The highest BCUT2D eigenvalue weighted by Crippen LogP contribution is 2.41. The van der Waals surface area contributed by atoms with Crippen LogP contribution in [-0.2, 0) is 0 Å². The molecule has 2 aromatic rings. The van der Waals surface area contributed by atoms with Crippen LogP contribution in [0.5, 0.6) is 10.8 Å². The second kappa shape index (κ2) is 3.67.